The number of para-hydroxylation sites is 1. The zero-order valence-corrected chi connectivity index (χ0v) is 10.1. The van der Waals surface area contributed by atoms with Crippen molar-refractivity contribution in [2.75, 3.05) is 18.0 Å². The molecule has 1 unspecified atom stereocenters. The van der Waals surface area contributed by atoms with Crippen LogP contribution in [0, 0.1) is 0 Å². The first-order valence-corrected chi connectivity index (χ1v) is 6.01. The van der Waals surface area contributed by atoms with Gasteiger partial charge in [0.2, 0.25) is 5.91 Å². The van der Waals surface area contributed by atoms with Crippen molar-refractivity contribution in [2.24, 2.45) is 5.73 Å². The van der Waals surface area contributed by atoms with Crippen molar-refractivity contribution in [3.8, 4) is 0 Å². The maximum absolute atomic E-state index is 10.9. The van der Waals surface area contributed by atoms with Crippen molar-refractivity contribution in [3.63, 3.8) is 0 Å². The smallest absolute Gasteiger partial charge is 0.219 e. The van der Waals surface area contributed by atoms with Crippen LogP contribution in [0.2, 0.25) is 0 Å². The number of carbonyl (C=O) groups excluding carboxylic acids is 1. The topological polar surface area (TPSA) is 58.4 Å². The van der Waals surface area contributed by atoms with Gasteiger partial charge in [-0.1, -0.05) is 18.2 Å². The van der Waals surface area contributed by atoms with Gasteiger partial charge in [0, 0.05) is 37.8 Å². The van der Waals surface area contributed by atoms with Gasteiger partial charge in [-0.3, -0.25) is 4.79 Å². The molecule has 17 heavy (non-hydrogen) atoms. The fourth-order valence-corrected chi connectivity index (χ4v) is 2.20. The molecule has 92 valence electrons. The van der Waals surface area contributed by atoms with Gasteiger partial charge in [-0.05, 0) is 18.6 Å². The molecule has 3 N–H and O–H groups in total. The molecule has 0 aromatic heterocycles. The summed E-state index contributed by atoms with van der Waals surface area (Å²) in [4.78, 5) is 13.1. The molecule has 4 nitrogen and oxygen atoms in total. The van der Waals surface area contributed by atoms with Crippen LogP contribution in [-0.2, 0) is 11.3 Å². The number of rotatable bonds is 3. The van der Waals surface area contributed by atoms with Gasteiger partial charge in [-0.15, -0.1) is 0 Å². The SMILES string of the molecule is CC1CN(CCC(N)=O)c2ccccc2CN1. The van der Waals surface area contributed by atoms with Gasteiger partial charge in [0.05, 0.1) is 0 Å². The molecule has 1 aromatic carbocycles. The lowest BCUT2D eigenvalue weighted by atomic mass is 10.1. The van der Waals surface area contributed by atoms with Crippen LogP contribution in [0.15, 0.2) is 24.3 Å². The molecule has 1 heterocycles. The highest BCUT2D eigenvalue weighted by Crippen LogP contribution is 2.23. The minimum Gasteiger partial charge on any atom is -0.370 e. The minimum atomic E-state index is -0.243. The molecule has 1 aliphatic rings. The van der Waals surface area contributed by atoms with Gasteiger partial charge in [-0.2, -0.15) is 0 Å². The van der Waals surface area contributed by atoms with E-state index in [1.54, 1.807) is 0 Å². The number of nitrogens with two attached hydrogens (primary N) is 1. The third kappa shape index (κ3) is 2.97. The van der Waals surface area contributed by atoms with Gasteiger partial charge in [0.1, 0.15) is 0 Å². The maximum atomic E-state index is 10.9. The highest BCUT2D eigenvalue weighted by Gasteiger charge is 2.18. The van der Waals surface area contributed by atoms with E-state index in [9.17, 15) is 4.79 Å². The van der Waals surface area contributed by atoms with E-state index in [1.165, 1.54) is 11.3 Å². The second-order valence-electron chi connectivity index (χ2n) is 4.57. The minimum absolute atomic E-state index is 0.243. The molecule has 0 radical (unpaired) electrons. The van der Waals surface area contributed by atoms with E-state index < -0.39 is 0 Å². The number of primary amides is 1. The molecular weight excluding hydrogens is 214 g/mol. The average molecular weight is 233 g/mol. The van der Waals surface area contributed by atoms with E-state index in [1.807, 2.05) is 12.1 Å². The molecule has 0 saturated heterocycles. The molecule has 1 atom stereocenters. The summed E-state index contributed by atoms with van der Waals surface area (Å²) in [7, 11) is 0. The molecule has 0 spiro atoms. The third-order valence-corrected chi connectivity index (χ3v) is 3.10. The first kappa shape index (κ1) is 11.9. The Morgan fingerprint density at radius 1 is 1.53 bits per heavy atom. The van der Waals surface area contributed by atoms with Gasteiger partial charge in [-0.25, -0.2) is 0 Å². The summed E-state index contributed by atoms with van der Waals surface area (Å²) in [6, 6.07) is 8.72. The molecule has 0 saturated carbocycles. The van der Waals surface area contributed by atoms with Crippen LogP contribution in [0.1, 0.15) is 18.9 Å². The van der Waals surface area contributed by atoms with Crippen LogP contribution in [0.5, 0.6) is 0 Å². The van der Waals surface area contributed by atoms with E-state index >= 15 is 0 Å². The second kappa shape index (κ2) is 5.19. The quantitative estimate of drug-likeness (QED) is 0.814. The lowest BCUT2D eigenvalue weighted by molar-refractivity contribution is -0.117. The van der Waals surface area contributed by atoms with E-state index in [2.05, 4.69) is 29.3 Å². The van der Waals surface area contributed by atoms with Gasteiger partial charge in [0.25, 0.3) is 0 Å². The predicted molar refractivity (Wildman–Crippen MR) is 68.8 cm³/mol. The van der Waals surface area contributed by atoms with Crippen LogP contribution in [-0.4, -0.2) is 25.0 Å². The number of nitrogens with one attached hydrogen (secondary N) is 1. The summed E-state index contributed by atoms with van der Waals surface area (Å²) in [5.41, 5.74) is 7.71. The monoisotopic (exact) mass is 233 g/mol. The van der Waals surface area contributed by atoms with E-state index in [4.69, 9.17) is 5.73 Å². The summed E-state index contributed by atoms with van der Waals surface area (Å²) < 4.78 is 0. The van der Waals surface area contributed by atoms with Gasteiger partial charge in [0.15, 0.2) is 0 Å². The van der Waals surface area contributed by atoms with Crippen LogP contribution < -0.4 is 16.0 Å². The number of nitrogens with zero attached hydrogens (tertiary/aromatic N) is 1. The van der Waals surface area contributed by atoms with Gasteiger partial charge >= 0.3 is 0 Å². The Morgan fingerprint density at radius 2 is 2.29 bits per heavy atom. The molecular formula is C13H19N3O. The highest BCUT2D eigenvalue weighted by molar-refractivity contribution is 5.74. The zero-order valence-electron chi connectivity index (χ0n) is 10.1. The van der Waals surface area contributed by atoms with Crippen LogP contribution in [0.25, 0.3) is 0 Å². The fourth-order valence-electron chi connectivity index (χ4n) is 2.20. The number of hydrogen-bond donors (Lipinski definition) is 2. The maximum Gasteiger partial charge on any atom is 0.219 e. The zero-order chi connectivity index (χ0) is 12.3. The standard InChI is InChI=1S/C13H19N3O/c1-10-9-16(7-6-13(14)17)12-5-3-2-4-11(12)8-15-10/h2-5,10,15H,6-9H2,1H3,(H2,14,17). The summed E-state index contributed by atoms with van der Waals surface area (Å²) in [5, 5.41) is 3.46. The number of carbonyl (C=O) groups is 1. The number of hydrogen-bond acceptors (Lipinski definition) is 3. The Labute approximate surface area is 102 Å². The largest absolute Gasteiger partial charge is 0.370 e. The van der Waals surface area contributed by atoms with Crippen molar-refractivity contribution in [3.05, 3.63) is 29.8 Å². The second-order valence-corrected chi connectivity index (χ2v) is 4.57. The average Bonchev–Trinajstić information content (AvgIpc) is 2.47. The highest BCUT2D eigenvalue weighted by atomic mass is 16.1. The Hall–Kier alpha value is -1.55. The number of benzene rings is 1. The van der Waals surface area contributed by atoms with Crippen LogP contribution in [0.4, 0.5) is 5.69 Å². The first-order valence-electron chi connectivity index (χ1n) is 6.01. The summed E-state index contributed by atoms with van der Waals surface area (Å²) >= 11 is 0. The number of fused-ring (bicyclic) bond motifs is 1. The molecule has 0 bridgehead atoms. The van der Waals surface area contributed by atoms with Gasteiger partial charge < -0.3 is 16.0 Å². The Balaban J connectivity index is 2.19. The Bertz CT molecular complexity index is 405. The van der Waals surface area contributed by atoms with Crippen molar-refractivity contribution >= 4 is 11.6 Å². The van der Waals surface area contributed by atoms with E-state index in [0.717, 1.165) is 13.1 Å². The van der Waals surface area contributed by atoms with E-state index in [0.29, 0.717) is 19.0 Å². The molecule has 0 aliphatic carbocycles. The van der Waals surface area contributed by atoms with Crippen molar-refractivity contribution < 1.29 is 4.79 Å². The summed E-state index contributed by atoms with van der Waals surface area (Å²) in [6.07, 6.45) is 0.404. The lowest BCUT2D eigenvalue weighted by Gasteiger charge is -2.25. The van der Waals surface area contributed by atoms with Crippen LogP contribution in [0.3, 0.4) is 0 Å². The molecule has 2 rings (SSSR count). The molecule has 0 fully saturated rings. The predicted octanol–water partition coefficient (Wildman–Crippen LogP) is 0.860. The number of anilines is 1. The Morgan fingerprint density at radius 3 is 3.06 bits per heavy atom. The van der Waals surface area contributed by atoms with Crippen molar-refractivity contribution in [2.45, 2.75) is 25.9 Å². The van der Waals surface area contributed by atoms with E-state index in [-0.39, 0.29) is 5.91 Å². The fraction of sp³-hybridized carbons (Fsp3) is 0.462. The molecule has 1 aromatic rings. The number of amides is 1. The van der Waals surface area contributed by atoms with Crippen LogP contribution >= 0.6 is 0 Å². The summed E-state index contributed by atoms with van der Waals surface area (Å²) in [5.74, 6) is -0.243. The summed E-state index contributed by atoms with van der Waals surface area (Å²) in [6.45, 7) is 4.64. The molecule has 1 amide bonds. The Kier molecular flexibility index (Phi) is 3.64. The molecule has 1 aliphatic heterocycles. The first-order chi connectivity index (χ1) is 8.16. The third-order valence-electron chi connectivity index (χ3n) is 3.10. The molecule has 4 heteroatoms. The van der Waals surface area contributed by atoms with Crippen molar-refractivity contribution in [1.29, 1.82) is 0 Å². The van der Waals surface area contributed by atoms with Crippen molar-refractivity contribution in [1.82, 2.24) is 5.32 Å². The normalized spacial score (nSPS) is 19.6. The lowest BCUT2D eigenvalue weighted by Crippen LogP contribution is -2.37.